The number of hydrogen-bond donors (Lipinski definition) is 2. The molecule has 122 valence electrons. The van der Waals surface area contributed by atoms with Gasteiger partial charge in [-0.2, -0.15) is 0 Å². The molecular weight excluding hydrogens is 315 g/mol. The summed E-state index contributed by atoms with van der Waals surface area (Å²) in [5.41, 5.74) is 0. The molecule has 0 spiro atoms. The van der Waals surface area contributed by atoms with Crippen LogP contribution in [-0.4, -0.2) is 33.6 Å². The molecule has 0 fully saturated rings. The standard InChI is InChI=1S/C13H17FN2O5S/c1-8(2)11(15-13(18)21-3)12(17)16-22(19,20)10-6-4-9(14)5-7-10/h4-8,11H,1-3H3,(H,15,18)(H,16,17)/t11-/m0/s1. The van der Waals surface area contributed by atoms with E-state index in [0.717, 1.165) is 31.4 Å². The quantitative estimate of drug-likeness (QED) is 0.838. The summed E-state index contributed by atoms with van der Waals surface area (Å²) in [6, 6.07) is 2.89. The van der Waals surface area contributed by atoms with Gasteiger partial charge in [0.05, 0.1) is 12.0 Å². The van der Waals surface area contributed by atoms with Crippen molar-refractivity contribution in [3.05, 3.63) is 30.1 Å². The van der Waals surface area contributed by atoms with E-state index in [1.807, 2.05) is 4.72 Å². The maximum atomic E-state index is 12.8. The second kappa shape index (κ2) is 7.21. The fourth-order valence-electron chi connectivity index (χ4n) is 1.59. The van der Waals surface area contributed by atoms with Crippen LogP contribution >= 0.6 is 0 Å². The Labute approximate surface area is 127 Å². The monoisotopic (exact) mass is 332 g/mol. The van der Waals surface area contributed by atoms with Gasteiger partial charge in [-0.25, -0.2) is 22.3 Å². The summed E-state index contributed by atoms with van der Waals surface area (Å²) in [5, 5.41) is 2.25. The second-order valence-corrected chi connectivity index (χ2v) is 6.46. The molecule has 0 aliphatic rings. The predicted molar refractivity (Wildman–Crippen MR) is 75.9 cm³/mol. The van der Waals surface area contributed by atoms with Crippen LogP contribution in [0.25, 0.3) is 0 Å². The van der Waals surface area contributed by atoms with Crippen LogP contribution in [0.2, 0.25) is 0 Å². The molecular formula is C13H17FN2O5S. The van der Waals surface area contributed by atoms with Crippen molar-refractivity contribution in [2.75, 3.05) is 7.11 Å². The van der Waals surface area contributed by atoms with Gasteiger partial charge >= 0.3 is 6.09 Å². The third-order valence-electron chi connectivity index (χ3n) is 2.77. The van der Waals surface area contributed by atoms with Gasteiger partial charge in [0, 0.05) is 0 Å². The number of carbonyl (C=O) groups is 2. The highest BCUT2D eigenvalue weighted by atomic mass is 32.2. The summed E-state index contributed by atoms with van der Waals surface area (Å²) in [5.74, 6) is -1.88. The SMILES string of the molecule is COC(=O)N[C@H](C(=O)NS(=O)(=O)c1ccc(F)cc1)C(C)C. The van der Waals surface area contributed by atoms with Crippen LogP contribution in [0.1, 0.15) is 13.8 Å². The zero-order chi connectivity index (χ0) is 16.9. The highest BCUT2D eigenvalue weighted by Crippen LogP contribution is 2.11. The lowest BCUT2D eigenvalue weighted by Gasteiger charge is -2.20. The molecule has 0 aromatic heterocycles. The molecule has 0 saturated carbocycles. The Bertz CT molecular complexity index is 643. The van der Waals surface area contributed by atoms with E-state index < -0.39 is 33.9 Å². The molecule has 22 heavy (non-hydrogen) atoms. The Kier molecular flexibility index (Phi) is 5.86. The van der Waals surface area contributed by atoms with Gasteiger partial charge in [0.1, 0.15) is 11.9 Å². The van der Waals surface area contributed by atoms with Crippen molar-refractivity contribution in [1.29, 1.82) is 0 Å². The van der Waals surface area contributed by atoms with Gasteiger partial charge in [-0.05, 0) is 30.2 Å². The Morgan fingerprint density at radius 2 is 1.73 bits per heavy atom. The number of nitrogens with one attached hydrogen (secondary N) is 2. The van der Waals surface area contributed by atoms with E-state index in [4.69, 9.17) is 0 Å². The first kappa shape index (κ1) is 17.9. The average molecular weight is 332 g/mol. The molecule has 1 atom stereocenters. The smallest absolute Gasteiger partial charge is 0.407 e. The largest absolute Gasteiger partial charge is 0.453 e. The molecule has 0 radical (unpaired) electrons. The van der Waals surface area contributed by atoms with E-state index in [0.29, 0.717) is 0 Å². The van der Waals surface area contributed by atoms with Crippen molar-refractivity contribution < 1.29 is 27.1 Å². The number of halogens is 1. The van der Waals surface area contributed by atoms with Gasteiger partial charge in [0.2, 0.25) is 0 Å². The van der Waals surface area contributed by atoms with E-state index in [1.165, 1.54) is 0 Å². The molecule has 0 saturated heterocycles. The van der Waals surface area contributed by atoms with Gasteiger partial charge in [0.25, 0.3) is 15.9 Å². The first-order chi connectivity index (χ1) is 10.2. The third-order valence-corrected chi connectivity index (χ3v) is 4.13. The van der Waals surface area contributed by atoms with Crippen LogP contribution in [0.4, 0.5) is 9.18 Å². The molecule has 9 heteroatoms. The number of benzene rings is 1. The molecule has 0 heterocycles. The van der Waals surface area contributed by atoms with Crippen molar-refractivity contribution in [3.63, 3.8) is 0 Å². The lowest BCUT2D eigenvalue weighted by atomic mass is 10.0. The number of hydrogen-bond acceptors (Lipinski definition) is 5. The average Bonchev–Trinajstić information content (AvgIpc) is 2.43. The summed E-state index contributed by atoms with van der Waals surface area (Å²) in [6.07, 6.45) is -0.854. The van der Waals surface area contributed by atoms with E-state index in [2.05, 4.69) is 10.1 Å². The Hall–Kier alpha value is -2.16. The number of amides is 2. The Morgan fingerprint density at radius 3 is 2.18 bits per heavy atom. The molecule has 2 N–H and O–H groups in total. The first-order valence-corrected chi connectivity index (χ1v) is 7.82. The molecule has 0 bridgehead atoms. The number of sulfonamides is 1. The fourth-order valence-corrected chi connectivity index (χ4v) is 2.59. The number of alkyl carbamates (subject to hydrolysis) is 1. The van der Waals surface area contributed by atoms with Crippen LogP contribution in [0, 0.1) is 11.7 Å². The van der Waals surface area contributed by atoms with Crippen LogP contribution in [0.15, 0.2) is 29.2 Å². The lowest BCUT2D eigenvalue weighted by molar-refractivity contribution is -0.122. The number of ether oxygens (including phenoxy) is 1. The van der Waals surface area contributed by atoms with Crippen LogP contribution in [0.3, 0.4) is 0 Å². The summed E-state index contributed by atoms with van der Waals surface area (Å²) in [4.78, 5) is 23.0. The maximum Gasteiger partial charge on any atom is 0.407 e. The molecule has 1 aromatic rings. The minimum Gasteiger partial charge on any atom is -0.453 e. The van der Waals surface area contributed by atoms with Gasteiger partial charge in [-0.3, -0.25) is 4.79 Å². The van der Waals surface area contributed by atoms with E-state index >= 15 is 0 Å². The van der Waals surface area contributed by atoms with Crippen molar-refractivity contribution in [2.45, 2.75) is 24.8 Å². The van der Waals surface area contributed by atoms with E-state index in [9.17, 15) is 22.4 Å². The molecule has 1 rings (SSSR count). The van der Waals surface area contributed by atoms with Crippen LogP contribution in [0.5, 0.6) is 0 Å². The molecule has 2 amide bonds. The number of rotatable bonds is 5. The molecule has 1 aromatic carbocycles. The predicted octanol–water partition coefficient (Wildman–Crippen LogP) is 1.01. The topological polar surface area (TPSA) is 102 Å². The van der Waals surface area contributed by atoms with Gasteiger partial charge in [-0.1, -0.05) is 13.8 Å². The fraction of sp³-hybridized carbons (Fsp3) is 0.385. The highest BCUT2D eigenvalue weighted by Gasteiger charge is 2.28. The summed E-state index contributed by atoms with van der Waals surface area (Å²) >= 11 is 0. The third kappa shape index (κ3) is 4.69. The number of carbonyl (C=O) groups excluding carboxylic acids is 2. The minimum absolute atomic E-state index is 0.261. The van der Waals surface area contributed by atoms with Gasteiger partial charge in [0.15, 0.2) is 0 Å². The molecule has 0 unspecified atom stereocenters. The van der Waals surface area contributed by atoms with Crippen molar-refractivity contribution in [2.24, 2.45) is 5.92 Å². The van der Waals surface area contributed by atoms with E-state index in [-0.39, 0.29) is 10.8 Å². The summed E-state index contributed by atoms with van der Waals surface area (Å²) < 4.78 is 43.1. The Balaban J connectivity index is 2.92. The van der Waals surface area contributed by atoms with Crippen molar-refractivity contribution >= 4 is 22.0 Å². The molecule has 0 aliphatic heterocycles. The van der Waals surface area contributed by atoms with E-state index in [1.54, 1.807) is 13.8 Å². The molecule has 0 aliphatic carbocycles. The van der Waals surface area contributed by atoms with Crippen molar-refractivity contribution in [3.8, 4) is 0 Å². The normalized spacial score (nSPS) is 12.6. The van der Waals surface area contributed by atoms with Crippen molar-refractivity contribution in [1.82, 2.24) is 10.0 Å². The summed E-state index contributed by atoms with van der Waals surface area (Å²) in [6.45, 7) is 3.26. The number of methoxy groups -OCH3 is 1. The highest BCUT2D eigenvalue weighted by molar-refractivity contribution is 7.90. The lowest BCUT2D eigenvalue weighted by Crippen LogP contribution is -2.51. The zero-order valence-corrected chi connectivity index (χ0v) is 13.1. The van der Waals surface area contributed by atoms with Gasteiger partial charge in [-0.15, -0.1) is 0 Å². The Morgan fingerprint density at radius 1 is 1.18 bits per heavy atom. The summed E-state index contributed by atoms with van der Waals surface area (Å²) in [7, 11) is -3.03. The first-order valence-electron chi connectivity index (χ1n) is 6.34. The van der Waals surface area contributed by atoms with Crippen LogP contribution < -0.4 is 10.0 Å². The second-order valence-electron chi connectivity index (χ2n) is 4.78. The van der Waals surface area contributed by atoms with Gasteiger partial charge < -0.3 is 10.1 Å². The minimum atomic E-state index is -4.16. The van der Waals surface area contributed by atoms with Crippen LogP contribution in [-0.2, 0) is 19.6 Å². The molecule has 7 nitrogen and oxygen atoms in total. The zero-order valence-electron chi connectivity index (χ0n) is 12.3. The maximum absolute atomic E-state index is 12.8.